The molecule has 0 amide bonds. The van der Waals surface area contributed by atoms with Crippen molar-refractivity contribution < 1.29 is 23.0 Å². The van der Waals surface area contributed by atoms with E-state index >= 15 is 0 Å². The molecule has 3 aromatic heterocycles. The van der Waals surface area contributed by atoms with E-state index in [0.29, 0.717) is 41.8 Å². The molecule has 0 bridgehead atoms. The number of ether oxygens (including phenoxy) is 1. The second-order valence-corrected chi connectivity index (χ2v) is 9.40. The smallest absolute Gasteiger partial charge is 0.165 e. The fraction of sp³-hybridized carbons (Fsp3) is 0.360. The number of hydrogen-bond donors (Lipinski definition) is 3. The van der Waals surface area contributed by atoms with Gasteiger partial charge in [-0.2, -0.15) is 0 Å². The Bertz CT molecular complexity index is 1480. The SMILES string of the molecule is COc1cc(F)c(-c2cc(Cn3cnc4c(N)ncnc43)c(N3CCC[C@](N)([C@H](O)CF)C3)cn2)cc1F. The highest BCUT2D eigenvalue weighted by atomic mass is 19.1. The molecule has 4 heterocycles. The van der Waals surface area contributed by atoms with Gasteiger partial charge >= 0.3 is 0 Å². The Morgan fingerprint density at radius 1 is 1.16 bits per heavy atom. The average Bonchev–Trinajstić information content (AvgIpc) is 3.33. The molecule has 200 valence electrons. The summed E-state index contributed by atoms with van der Waals surface area (Å²) in [6, 6.07) is 3.65. The zero-order chi connectivity index (χ0) is 27.0. The maximum Gasteiger partial charge on any atom is 0.165 e. The molecular formula is C25H27F3N8O2. The Morgan fingerprint density at radius 3 is 2.74 bits per heavy atom. The normalized spacial score (nSPS) is 18.6. The molecule has 1 aromatic carbocycles. The number of methoxy groups -OCH3 is 1. The van der Waals surface area contributed by atoms with Crippen LogP contribution in [0.25, 0.3) is 22.4 Å². The third-order valence-corrected chi connectivity index (χ3v) is 6.96. The molecule has 0 saturated carbocycles. The predicted molar refractivity (Wildman–Crippen MR) is 135 cm³/mol. The molecule has 1 saturated heterocycles. The zero-order valence-corrected chi connectivity index (χ0v) is 20.6. The molecule has 2 atom stereocenters. The number of aromatic nitrogens is 5. The lowest BCUT2D eigenvalue weighted by atomic mass is 9.84. The molecular weight excluding hydrogens is 501 g/mol. The van der Waals surface area contributed by atoms with Crippen LogP contribution in [0.3, 0.4) is 0 Å². The van der Waals surface area contributed by atoms with Crippen LogP contribution in [0.15, 0.2) is 37.1 Å². The van der Waals surface area contributed by atoms with Crippen LogP contribution >= 0.6 is 0 Å². The van der Waals surface area contributed by atoms with Crippen LogP contribution in [-0.4, -0.2) is 68.1 Å². The summed E-state index contributed by atoms with van der Waals surface area (Å²) in [6.07, 6.45) is 4.18. The van der Waals surface area contributed by atoms with Gasteiger partial charge in [0.15, 0.2) is 23.0 Å². The molecule has 5 N–H and O–H groups in total. The van der Waals surface area contributed by atoms with Crippen molar-refractivity contribution in [3.8, 4) is 17.0 Å². The van der Waals surface area contributed by atoms with Gasteiger partial charge in [-0.3, -0.25) is 4.98 Å². The lowest BCUT2D eigenvalue weighted by Crippen LogP contribution is -2.62. The van der Waals surface area contributed by atoms with Crippen LogP contribution in [0.4, 0.5) is 24.7 Å². The minimum atomic E-state index is -1.32. The summed E-state index contributed by atoms with van der Waals surface area (Å²) in [5.74, 6) is -1.42. The Balaban J connectivity index is 1.60. The fourth-order valence-electron chi connectivity index (χ4n) is 4.87. The van der Waals surface area contributed by atoms with Gasteiger partial charge in [0.2, 0.25) is 0 Å². The van der Waals surface area contributed by atoms with Gasteiger partial charge in [0, 0.05) is 24.7 Å². The van der Waals surface area contributed by atoms with Gasteiger partial charge in [0.25, 0.3) is 0 Å². The van der Waals surface area contributed by atoms with E-state index in [0.717, 1.165) is 12.1 Å². The van der Waals surface area contributed by atoms with Crippen molar-refractivity contribution >= 4 is 22.7 Å². The second kappa shape index (κ2) is 10.1. The Hall–Kier alpha value is -3.97. The molecule has 38 heavy (non-hydrogen) atoms. The lowest BCUT2D eigenvalue weighted by Gasteiger charge is -2.43. The number of imidazole rings is 1. The summed E-state index contributed by atoms with van der Waals surface area (Å²) < 4.78 is 49.4. The largest absolute Gasteiger partial charge is 0.494 e. The number of piperidine rings is 1. The molecule has 1 aliphatic heterocycles. The van der Waals surface area contributed by atoms with E-state index in [1.165, 1.54) is 13.4 Å². The van der Waals surface area contributed by atoms with Crippen molar-refractivity contribution in [2.24, 2.45) is 5.73 Å². The molecule has 5 rings (SSSR count). The van der Waals surface area contributed by atoms with E-state index in [9.17, 15) is 18.3 Å². The van der Waals surface area contributed by atoms with E-state index in [1.54, 1.807) is 23.2 Å². The molecule has 4 aromatic rings. The van der Waals surface area contributed by atoms with Crippen LogP contribution in [0.5, 0.6) is 5.75 Å². The van der Waals surface area contributed by atoms with Gasteiger partial charge in [-0.1, -0.05) is 0 Å². The van der Waals surface area contributed by atoms with Crippen molar-refractivity contribution in [3.63, 3.8) is 0 Å². The zero-order valence-electron chi connectivity index (χ0n) is 20.6. The monoisotopic (exact) mass is 528 g/mol. The van der Waals surface area contributed by atoms with E-state index in [1.807, 2.05) is 4.90 Å². The van der Waals surface area contributed by atoms with Gasteiger partial charge in [-0.05, 0) is 30.5 Å². The van der Waals surface area contributed by atoms with Crippen LogP contribution < -0.4 is 21.1 Å². The van der Waals surface area contributed by atoms with E-state index < -0.39 is 30.0 Å². The highest BCUT2D eigenvalue weighted by Crippen LogP contribution is 2.34. The highest BCUT2D eigenvalue weighted by molar-refractivity contribution is 5.81. The molecule has 0 aliphatic carbocycles. The summed E-state index contributed by atoms with van der Waals surface area (Å²) in [4.78, 5) is 18.9. The van der Waals surface area contributed by atoms with Crippen molar-refractivity contribution in [1.82, 2.24) is 24.5 Å². The number of fused-ring (bicyclic) bond motifs is 1. The first kappa shape index (κ1) is 25.7. The van der Waals surface area contributed by atoms with Gasteiger partial charge in [-0.25, -0.2) is 28.1 Å². The van der Waals surface area contributed by atoms with E-state index in [4.69, 9.17) is 16.2 Å². The summed E-state index contributed by atoms with van der Waals surface area (Å²) >= 11 is 0. The first-order valence-electron chi connectivity index (χ1n) is 12.0. The Labute approximate surface area is 216 Å². The molecule has 10 nitrogen and oxygen atoms in total. The van der Waals surface area contributed by atoms with Crippen LogP contribution in [0.2, 0.25) is 0 Å². The van der Waals surface area contributed by atoms with Crippen molar-refractivity contribution in [2.45, 2.75) is 31.0 Å². The van der Waals surface area contributed by atoms with Gasteiger partial charge in [0.05, 0.1) is 43.1 Å². The number of alkyl halides is 1. The summed E-state index contributed by atoms with van der Waals surface area (Å²) in [7, 11) is 1.25. The average molecular weight is 529 g/mol. The maximum atomic E-state index is 14.9. The molecule has 1 aliphatic rings. The predicted octanol–water partition coefficient (Wildman–Crippen LogP) is 2.43. The van der Waals surface area contributed by atoms with Gasteiger partial charge in [-0.15, -0.1) is 0 Å². The molecule has 1 fully saturated rings. The maximum absolute atomic E-state index is 14.9. The van der Waals surface area contributed by atoms with Crippen LogP contribution in [0.1, 0.15) is 18.4 Å². The van der Waals surface area contributed by atoms with Gasteiger partial charge in [0.1, 0.15) is 30.4 Å². The number of pyridine rings is 1. The number of aliphatic hydroxyl groups is 1. The number of aliphatic hydroxyl groups excluding tert-OH is 1. The highest BCUT2D eigenvalue weighted by Gasteiger charge is 2.39. The lowest BCUT2D eigenvalue weighted by molar-refractivity contribution is 0.0516. The van der Waals surface area contributed by atoms with Crippen LogP contribution in [-0.2, 0) is 6.54 Å². The fourth-order valence-corrected chi connectivity index (χ4v) is 4.87. The first-order valence-corrected chi connectivity index (χ1v) is 12.0. The third-order valence-electron chi connectivity index (χ3n) is 6.96. The number of hydrogen-bond acceptors (Lipinski definition) is 9. The number of nitrogens with zero attached hydrogens (tertiary/aromatic N) is 6. The summed E-state index contributed by atoms with van der Waals surface area (Å²) in [5.41, 5.74) is 13.6. The Kier molecular flexibility index (Phi) is 6.80. The van der Waals surface area contributed by atoms with Crippen molar-refractivity contribution in [3.05, 3.63) is 54.2 Å². The number of anilines is 2. The number of halogens is 3. The first-order chi connectivity index (χ1) is 18.2. The third kappa shape index (κ3) is 4.58. The number of nitrogen functional groups attached to an aromatic ring is 1. The second-order valence-electron chi connectivity index (χ2n) is 9.40. The van der Waals surface area contributed by atoms with Crippen molar-refractivity contribution in [2.75, 3.05) is 37.5 Å². The quantitative estimate of drug-likeness (QED) is 0.330. The number of nitrogens with two attached hydrogens (primary N) is 2. The standard InChI is InChI=1S/C25H27F3N8O2/c1-38-20-7-16(27)15(6-17(20)28)18-5-14(10-36-13-34-22-23(29)32-12-33-24(22)36)19(9-31-18)35-4-2-3-25(30,11-35)21(37)8-26/h5-7,9,12-13,21,37H,2-4,8,10-11,30H2,1H3,(H2,29,32,33)/t21-,25-/m1/s1. The molecule has 0 unspecified atom stereocenters. The topological polar surface area (TPSA) is 141 Å². The van der Waals surface area contributed by atoms with Gasteiger partial charge < -0.3 is 30.8 Å². The minimum absolute atomic E-state index is 0.0437. The number of benzene rings is 1. The van der Waals surface area contributed by atoms with E-state index in [-0.39, 0.29) is 35.9 Å². The number of rotatable bonds is 7. The molecule has 0 spiro atoms. The molecule has 13 heteroatoms. The van der Waals surface area contributed by atoms with Crippen molar-refractivity contribution in [1.29, 1.82) is 0 Å². The Morgan fingerprint density at radius 2 is 1.97 bits per heavy atom. The minimum Gasteiger partial charge on any atom is -0.494 e. The molecule has 0 radical (unpaired) electrons. The summed E-state index contributed by atoms with van der Waals surface area (Å²) in [5, 5.41) is 10.3. The van der Waals surface area contributed by atoms with Crippen LogP contribution in [0, 0.1) is 11.6 Å². The van der Waals surface area contributed by atoms with E-state index in [2.05, 4.69) is 19.9 Å². The summed E-state index contributed by atoms with van der Waals surface area (Å²) in [6.45, 7) is 0.0192.